The number of fused-ring (bicyclic) bond motifs is 5. The second kappa shape index (κ2) is 10.4. The van der Waals surface area contributed by atoms with Gasteiger partial charge in [0.25, 0.3) is 0 Å². The third-order valence-corrected chi connectivity index (χ3v) is 7.19. The minimum atomic E-state index is -1.08. The normalized spacial score (nSPS) is 20.3. The van der Waals surface area contributed by atoms with Crippen molar-refractivity contribution in [2.24, 2.45) is 0 Å². The van der Waals surface area contributed by atoms with Crippen LogP contribution in [-0.4, -0.2) is 0 Å². The highest BCUT2D eigenvalue weighted by Gasteiger charge is 2.22. The average molecular weight is 601 g/mol. The molecule has 0 aliphatic heterocycles. The first-order chi connectivity index (χ1) is 34.0. The van der Waals surface area contributed by atoms with Crippen LogP contribution in [0.4, 0.5) is 0 Å². The van der Waals surface area contributed by atoms with Crippen molar-refractivity contribution < 1.29 is 42.8 Å². The number of rotatable bonds is 4. The lowest BCUT2D eigenvalue weighted by atomic mass is 9.83. The van der Waals surface area contributed by atoms with Gasteiger partial charge in [0, 0.05) is 21.9 Å². The smallest absolute Gasteiger partial charge is 0.143 e. The summed E-state index contributed by atoms with van der Waals surface area (Å²) in [6, 6.07) is -27.5. The van der Waals surface area contributed by atoms with E-state index in [2.05, 4.69) is 0 Å². The Labute approximate surface area is 301 Å². The van der Waals surface area contributed by atoms with Crippen molar-refractivity contribution in [3.63, 3.8) is 0 Å². The van der Waals surface area contributed by atoms with Crippen LogP contribution in [0.15, 0.2) is 174 Å². The molecule has 0 N–H and O–H groups in total. The van der Waals surface area contributed by atoms with Gasteiger partial charge in [0.15, 0.2) is 0 Å². The molecule has 0 aliphatic carbocycles. The topological polar surface area (TPSA) is 13.1 Å². The molecule has 9 aromatic rings. The summed E-state index contributed by atoms with van der Waals surface area (Å²) in [4.78, 5) is 0. The van der Waals surface area contributed by atoms with E-state index in [1.165, 1.54) is 0 Å². The van der Waals surface area contributed by atoms with Crippen LogP contribution in [0.5, 0.6) is 0 Å². The third kappa shape index (κ3) is 4.02. The standard InChI is InChI=1S/C44H28O/c1-3-15-29(16-4-1)31-19-7-8-20-33(31)41-34-21-9-11-23-36(34)42(37-24-12-10-22-35(37)41)38-26-13-27-39-43-32(30-17-5-2-6-18-30)25-14-28-40(43)45-44(38)39/h1-28H/i1D,2D,3D,4D,5D,6D,7D,8D,9D,10D,11D,12D,13D,14D,15D,16D,17D,18D,19D,20D,21D,22D,23D,24D,25D,26D,27D,28D. The number of benzene rings is 8. The monoisotopic (exact) mass is 600 g/mol. The Hall–Kier alpha value is -5.92. The molecule has 1 heterocycles. The summed E-state index contributed by atoms with van der Waals surface area (Å²) >= 11 is 0. The molecule has 1 nitrogen and oxygen atoms in total. The molecule has 9 rings (SSSR count). The summed E-state index contributed by atoms with van der Waals surface area (Å²) in [6.07, 6.45) is 0. The minimum Gasteiger partial charge on any atom is -0.455 e. The summed E-state index contributed by atoms with van der Waals surface area (Å²) in [5, 5.41) is -4.36. The molecule has 210 valence electrons. The van der Waals surface area contributed by atoms with E-state index in [1.54, 1.807) is 0 Å². The first kappa shape index (κ1) is 10.1. The molecule has 0 amide bonds. The van der Waals surface area contributed by atoms with Crippen molar-refractivity contribution in [1.82, 2.24) is 0 Å². The van der Waals surface area contributed by atoms with E-state index in [0.29, 0.717) is 0 Å². The van der Waals surface area contributed by atoms with Crippen LogP contribution in [0.3, 0.4) is 0 Å². The molecule has 0 aliphatic rings. The molecule has 0 fully saturated rings. The van der Waals surface area contributed by atoms with Gasteiger partial charge in [-0.15, -0.1) is 0 Å². The van der Waals surface area contributed by atoms with Crippen LogP contribution in [0.1, 0.15) is 38.4 Å². The van der Waals surface area contributed by atoms with Gasteiger partial charge in [0.1, 0.15) is 11.2 Å². The molecule has 0 unspecified atom stereocenters. The van der Waals surface area contributed by atoms with Crippen LogP contribution in [0.25, 0.3) is 88.0 Å². The molecule has 1 aromatic heterocycles. The lowest BCUT2D eigenvalue weighted by Gasteiger charge is -2.19. The molecule has 1 heteroatoms. The zero-order valence-corrected chi connectivity index (χ0v) is 22.4. The molecule has 45 heavy (non-hydrogen) atoms. The van der Waals surface area contributed by atoms with Gasteiger partial charge in [-0.25, -0.2) is 0 Å². The van der Waals surface area contributed by atoms with Gasteiger partial charge < -0.3 is 4.42 Å². The molecule has 0 radical (unpaired) electrons. The maximum Gasteiger partial charge on any atom is 0.143 e. The predicted octanol–water partition coefficient (Wildman–Crippen LogP) is 12.6. The van der Waals surface area contributed by atoms with Gasteiger partial charge in [0.2, 0.25) is 0 Å². The Kier molecular flexibility index (Phi) is 2.32. The highest BCUT2D eigenvalue weighted by Crippen LogP contribution is 2.48. The Bertz CT molecular complexity index is 3980. The molecule has 0 atom stereocenters. The van der Waals surface area contributed by atoms with Crippen molar-refractivity contribution in [3.05, 3.63) is 169 Å². The highest BCUT2D eigenvalue weighted by molar-refractivity contribution is 6.25. The van der Waals surface area contributed by atoms with E-state index in [1.807, 2.05) is 0 Å². The molecule has 0 spiro atoms. The highest BCUT2D eigenvalue weighted by atomic mass is 16.3. The summed E-state index contributed by atoms with van der Waals surface area (Å²) < 4.78 is 256. The maximum atomic E-state index is 9.52. The van der Waals surface area contributed by atoms with Gasteiger partial charge in [0.05, 0.1) is 38.4 Å². The van der Waals surface area contributed by atoms with Crippen molar-refractivity contribution in [3.8, 4) is 44.5 Å². The predicted molar refractivity (Wildman–Crippen MR) is 190 cm³/mol. The quantitative estimate of drug-likeness (QED) is 0.183. The van der Waals surface area contributed by atoms with E-state index in [4.69, 9.17) is 30.5 Å². The van der Waals surface area contributed by atoms with E-state index in [-0.39, 0.29) is 0 Å². The van der Waals surface area contributed by atoms with E-state index in [9.17, 15) is 12.3 Å². The van der Waals surface area contributed by atoms with E-state index < -0.39 is 257 Å². The van der Waals surface area contributed by atoms with Gasteiger partial charge >= 0.3 is 0 Å². The van der Waals surface area contributed by atoms with Crippen LogP contribution in [0, 0.1) is 0 Å². The molecule has 8 aromatic carbocycles. The third-order valence-electron chi connectivity index (χ3n) is 7.19. The zero-order chi connectivity index (χ0) is 54.1. The van der Waals surface area contributed by atoms with Crippen molar-refractivity contribution in [2.75, 3.05) is 0 Å². The van der Waals surface area contributed by atoms with Gasteiger partial charge in [-0.1, -0.05) is 163 Å². The minimum absolute atomic E-state index is 0.558. The second-order valence-electron chi connectivity index (χ2n) is 9.51. The van der Waals surface area contributed by atoms with Crippen molar-refractivity contribution in [1.29, 1.82) is 0 Å². The second-order valence-corrected chi connectivity index (χ2v) is 9.51. The van der Waals surface area contributed by atoms with Crippen LogP contribution >= 0.6 is 0 Å². The largest absolute Gasteiger partial charge is 0.455 e. The fraction of sp³-hybridized carbons (Fsp3) is 0. The summed E-state index contributed by atoms with van der Waals surface area (Å²) in [5.41, 5.74) is -7.73. The maximum absolute atomic E-state index is 9.52. The average Bonchev–Trinajstić information content (AvgIpc) is 3.76. The lowest BCUT2D eigenvalue weighted by molar-refractivity contribution is 0.670. The number of hydrogen-bond donors (Lipinski definition) is 0. The van der Waals surface area contributed by atoms with Crippen LogP contribution < -0.4 is 0 Å². The molecular formula is C44H28O. The Morgan fingerprint density at radius 1 is 0.333 bits per heavy atom. The van der Waals surface area contributed by atoms with Gasteiger partial charge in [-0.2, -0.15) is 0 Å². The summed E-state index contributed by atoms with van der Waals surface area (Å²) in [6.45, 7) is 0. The first-order valence-corrected chi connectivity index (χ1v) is 13.2. The Morgan fingerprint density at radius 3 is 1.38 bits per heavy atom. The lowest BCUT2D eigenvalue weighted by Crippen LogP contribution is -1.92. The fourth-order valence-corrected chi connectivity index (χ4v) is 5.41. The van der Waals surface area contributed by atoms with Crippen molar-refractivity contribution in [2.45, 2.75) is 0 Å². The molecule has 0 bridgehead atoms. The summed E-state index contributed by atoms with van der Waals surface area (Å²) in [5.74, 6) is 0. The van der Waals surface area contributed by atoms with Gasteiger partial charge in [-0.3, -0.25) is 0 Å². The molecule has 0 saturated carbocycles. The zero-order valence-electron chi connectivity index (χ0n) is 50.4. The SMILES string of the molecule is [2H]c1c([2H])c([2H])c(-c2c([2H])c([2H])c([2H])c([2H])c2-c2c3c([2H])c([2H])c([2H])c([2H])c3c(-c3c([2H])c([2H])c([2H])c4c3oc3c([2H])c([2H])c([2H])c(-c5c([2H])c([2H])c([2H])c([2H])c5[2H])c34)c3c([2H])c([2H])c([2H])c([2H])c23)c([2H])c1[2H]. The number of para-hydroxylation sites is 1. The van der Waals surface area contributed by atoms with Crippen LogP contribution in [-0.2, 0) is 0 Å². The fourth-order valence-electron chi connectivity index (χ4n) is 5.41. The van der Waals surface area contributed by atoms with E-state index >= 15 is 0 Å². The Morgan fingerprint density at radius 2 is 0.756 bits per heavy atom. The first-order valence-electron chi connectivity index (χ1n) is 27.2. The van der Waals surface area contributed by atoms with E-state index in [0.717, 1.165) is 0 Å². The van der Waals surface area contributed by atoms with Crippen LogP contribution in [0.2, 0.25) is 0 Å². The number of furan rings is 1. The molecule has 0 saturated heterocycles. The van der Waals surface area contributed by atoms with Crippen molar-refractivity contribution >= 4 is 43.5 Å². The Balaban J connectivity index is 1.66. The molecular weight excluding hydrogens is 544 g/mol. The summed E-state index contributed by atoms with van der Waals surface area (Å²) in [7, 11) is 0. The van der Waals surface area contributed by atoms with Gasteiger partial charge in [-0.05, 0) is 61.0 Å². The number of hydrogen-bond acceptors (Lipinski definition) is 1.